The van der Waals surface area contributed by atoms with Gasteiger partial charge in [-0.1, -0.05) is 25.4 Å². The van der Waals surface area contributed by atoms with Crippen molar-refractivity contribution in [3.63, 3.8) is 0 Å². The third kappa shape index (κ3) is 6.72. The van der Waals surface area contributed by atoms with E-state index in [-0.39, 0.29) is 39.3 Å². The van der Waals surface area contributed by atoms with Crippen LogP contribution < -0.4 is 9.46 Å². The minimum Gasteiger partial charge on any atom is -0.456 e. The van der Waals surface area contributed by atoms with Crippen molar-refractivity contribution in [1.29, 1.82) is 0 Å². The van der Waals surface area contributed by atoms with Gasteiger partial charge in [0.25, 0.3) is 0 Å². The molecule has 1 amide bonds. The lowest BCUT2D eigenvalue weighted by molar-refractivity contribution is -0.118. The molecule has 6 nitrogen and oxygen atoms in total. The number of nitrogens with one attached hydrogen (secondary N) is 1. The highest BCUT2D eigenvalue weighted by molar-refractivity contribution is 7.99. The van der Waals surface area contributed by atoms with Crippen molar-refractivity contribution in [2.75, 3.05) is 11.5 Å². The van der Waals surface area contributed by atoms with Gasteiger partial charge in [0, 0.05) is 21.5 Å². The smallest absolute Gasteiger partial charge is 0.235 e. The van der Waals surface area contributed by atoms with E-state index in [1.54, 1.807) is 0 Å². The SMILES string of the molecule is C=S(=O)(CCC)NC(=O)Cc1cc(F)cc(Oc2ccc(S(=O)(=O)CC)cc2Cl)c1. The normalized spacial score (nSPS) is 13.5. The van der Waals surface area contributed by atoms with Gasteiger partial charge in [-0.05, 0) is 48.2 Å². The molecule has 0 spiro atoms. The Balaban J connectivity index is 2.21. The zero-order valence-corrected chi connectivity index (χ0v) is 19.0. The molecule has 0 bridgehead atoms. The maximum absolute atomic E-state index is 14.0. The fraction of sp³-hybridized carbons (Fsp3) is 0.300. The van der Waals surface area contributed by atoms with Crippen molar-refractivity contribution in [1.82, 2.24) is 4.72 Å². The lowest BCUT2D eigenvalue weighted by Gasteiger charge is -2.12. The summed E-state index contributed by atoms with van der Waals surface area (Å²) in [6, 6.07) is 7.71. The summed E-state index contributed by atoms with van der Waals surface area (Å²) >= 11 is 6.12. The predicted molar refractivity (Wildman–Crippen MR) is 118 cm³/mol. The lowest BCUT2D eigenvalue weighted by atomic mass is 10.1. The van der Waals surface area contributed by atoms with Crippen molar-refractivity contribution in [3.8, 4) is 11.5 Å². The zero-order chi connectivity index (χ0) is 22.5. The van der Waals surface area contributed by atoms with E-state index in [0.717, 1.165) is 12.1 Å². The number of amides is 1. The number of sulfone groups is 1. The third-order valence-electron chi connectivity index (χ3n) is 4.00. The number of ether oxygens (including phenoxy) is 1. The van der Waals surface area contributed by atoms with E-state index in [4.69, 9.17) is 16.3 Å². The van der Waals surface area contributed by atoms with Crippen molar-refractivity contribution in [2.45, 2.75) is 31.6 Å². The molecule has 2 aromatic carbocycles. The second-order valence-corrected chi connectivity index (χ2v) is 11.5. The molecule has 0 radical (unpaired) electrons. The van der Waals surface area contributed by atoms with Gasteiger partial charge in [0.05, 0.1) is 22.1 Å². The average Bonchev–Trinajstić information content (AvgIpc) is 2.62. The number of rotatable bonds is 9. The number of hydrogen-bond donors (Lipinski definition) is 1. The Bertz CT molecular complexity index is 1150. The van der Waals surface area contributed by atoms with Crippen LogP contribution in [0, 0.1) is 5.82 Å². The molecule has 0 aliphatic carbocycles. The second-order valence-electron chi connectivity index (χ2n) is 6.61. The minimum absolute atomic E-state index is 0.0458. The van der Waals surface area contributed by atoms with E-state index in [2.05, 4.69) is 10.6 Å². The molecule has 0 aromatic heterocycles. The van der Waals surface area contributed by atoms with Crippen molar-refractivity contribution in [2.24, 2.45) is 0 Å². The number of benzene rings is 2. The quantitative estimate of drug-likeness (QED) is 0.558. The molecule has 0 heterocycles. The van der Waals surface area contributed by atoms with E-state index in [0.29, 0.717) is 12.0 Å². The van der Waals surface area contributed by atoms with Gasteiger partial charge in [-0.25, -0.2) is 17.0 Å². The molecule has 1 unspecified atom stereocenters. The van der Waals surface area contributed by atoms with Gasteiger partial charge in [0.1, 0.15) is 17.3 Å². The Labute approximate surface area is 181 Å². The second kappa shape index (κ2) is 9.80. The summed E-state index contributed by atoms with van der Waals surface area (Å²) in [5, 5.41) is 0.0458. The summed E-state index contributed by atoms with van der Waals surface area (Å²) in [6.07, 6.45) is 0.380. The standard InChI is InChI=1S/C20H23ClFNO5S2/c1-4-8-29(3,25)23-20(24)11-14-9-15(22)12-16(10-14)28-19-7-6-17(13-18(19)21)30(26,27)5-2/h6-7,9-10,12-13H,3-5,8,11H2,1-2H3,(H,23,24,25). The molecule has 0 fully saturated rings. The van der Waals surface area contributed by atoms with Crippen molar-refractivity contribution in [3.05, 3.63) is 52.8 Å². The number of carbonyl (C=O) groups excluding carboxylic acids is 1. The molecule has 2 aromatic rings. The monoisotopic (exact) mass is 475 g/mol. The largest absolute Gasteiger partial charge is 0.456 e. The summed E-state index contributed by atoms with van der Waals surface area (Å²) in [5.41, 5.74) is 0.301. The summed E-state index contributed by atoms with van der Waals surface area (Å²) < 4.78 is 58.0. The van der Waals surface area contributed by atoms with E-state index in [9.17, 15) is 21.8 Å². The molecule has 0 saturated carbocycles. The van der Waals surface area contributed by atoms with Crippen LogP contribution in [-0.2, 0) is 30.8 Å². The zero-order valence-electron chi connectivity index (χ0n) is 16.6. The molecule has 2 rings (SSSR count). The minimum atomic E-state index is -3.43. The lowest BCUT2D eigenvalue weighted by Crippen LogP contribution is -2.33. The van der Waals surface area contributed by atoms with Gasteiger partial charge in [0.15, 0.2) is 9.84 Å². The maximum Gasteiger partial charge on any atom is 0.235 e. The van der Waals surface area contributed by atoms with Crippen LogP contribution in [0.15, 0.2) is 41.3 Å². The molecule has 1 atom stereocenters. The molecule has 0 aliphatic heterocycles. The Morgan fingerprint density at radius 1 is 1.17 bits per heavy atom. The van der Waals surface area contributed by atoms with Crippen LogP contribution in [0.3, 0.4) is 0 Å². The molecular weight excluding hydrogens is 453 g/mol. The maximum atomic E-state index is 14.0. The summed E-state index contributed by atoms with van der Waals surface area (Å²) in [6.45, 7) is 3.34. The predicted octanol–water partition coefficient (Wildman–Crippen LogP) is 3.77. The Morgan fingerprint density at radius 2 is 1.87 bits per heavy atom. The third-order valence-corrected chi connectivity index (χ3v) is 7.69. The molecule has 1 N–H and O–H groups in total. The molecule has 10 heteroatoms. The molecular formula is C20H23ClFNO5S2. The Morgan fingerprint density at radius 3 is 2.47 bits per heavy atom. The first-order chi connectivity index (χ1) is 14.0. The summed E-state index contributed by atoms with van der Waals surface area (Å²) in [4.78, 5) is 12.2. The Hall–Kier alpha value is -2.10. The summed E-state index contributed by atoms with van der Waals surface area (Å²) in [5.74, 6) is 2.71. The van der Waals surface area contributed by atoms with Crippen molar-refractivity contribution >= 4 is 42.9 Å². The van der Waals surface area contributed by atoms with Gasteiger partial charge >= 0.3 is 0 Å². The van der Waals surface area contributed by atoms with Crippen LogP contribution >= 0.6 is 11.6 Å². The van der Waals surface area contributed by atoms with Gasteiger partial charge in [-0.2, -0.15) is 0 Å². The summed E-state index contributed by atoms with van der Waals surface area (Å²) in [7, 11) is -6.16. The number of halogens is 2. The van der Waals surface area contributed by atoms with E-state index >= 15 is 0 Å². The number of carbonyl (C=O) groups is 1. The van der Waals surface area contributed by atoms with Crippen LogP contribution in [0.2, 0.25) is 5.02 Å². The molecule has 0 aliphatic rings. The topological polar surface area (TPSA) is 89.5 Å². The fourth-order valence-electron chi connectivity index (χ4n) is 2.64. The molecule has 30 heavy (non-hydrogen) atoms. The first-order valence-electron chi connectivity index (χ1n) is 9.11. The number of hydrogen-bond acceptors (Lipinski definition) is 5. The highest BCUT2D eigenvalue weighted by Gasteiger charge is 2.15. The van der Waals surface area contributed by atoms with E-state index in [1.165, 1.54) is 31.2 Å². The van der Waals surface area contributed by atoms with Gasteiger partial charge < -0.3 is 4.74 Å². The molecule has 164 valence electrons. The van der Waals surface area contributed by atoms with Crippen molar-refractivity contribution < 1.29 is 26.5 Å². The first-order valence-corrected chi connectivity index (χ1v) is 13.0. The first kappa shape index (κ1) is 24.2. The highest BCUT2D eigenvalue weighted by Crippen LogP contribution is 2.32. The van der Waals surface area contributed by atoms with E-state index < -0.39 is 31.3 Å². The van der Waals surface area contributed by atoms with E-state index in [1.807, 2.05) is 6.92 Å². The van der Waals surface area contributed by atoms with Crippen LogP contribution in [0.1, 0.15) is 25.8 Å². The molecule has 0 saturated heterocycles. The average molecular weight is 476 g/mol. The van der Waals surface area contributed by atoms with Gasteiger partial charge in [-0.15, -0.1) is 0 Å². The van der Waals surface area contributed by atoms with Crippen LogP contribution in [-0.4, -0.2) is 35.9 Å². The van der Waals surface area contributed by atoms with Crippen LogP contribution in [0.5, 0.6) is 11.5 Å². The Kier molecular flexibility index (Phi) is 7.90. The van der Waals surface area contributed by atoms with Gasteiger partial charge in [-0.3, -0.25) is 9.52 Å². The van der Waals surface area contributed by atoms with Gasteiger partial charge in [0.2, 0.25) is 5.91 Å². The highest BCUT2D eigenvalue weighted by atomic mass is 35.5. The van der Waals surface area contributed by atoms with Crippen LogP contribution in [0.4, 0.5) is 4.39 Å². The van der Waals surface area contributed by atoms with Crippen LogP contribution in [0.25, 0.3) is 0 Å². The fourth-order valence-corrected chi connectivity index (χ4v) is 5.08.